The molecule has 2 N–H and O–H groups in total. The van der Waals surface area contributed by atoms with Crippen LogP contribution in [-0.2, 0) is 16.3 Å². The molecule has 0 heterocycles. The van der Waals surface area contributed by atoms with Gasteiger partial charge in [0.05, 0.1) is 23.3 Å². The highest BCUT2D eigenvalue weighted by molar-refractivity contribution is 7.91. The predicted molar refractivity (Wildman–Crippen MR) is 142 cm³/mol. The van der Waals surface area contributed by atoms with Crippen molar-refractivity contribution >= 4 is 21.5 Å². The highest BCUT2D eigenvalue weighted by Crippen LogP contribution is 2.26. The average molecular weight is 504 g/mol. The van der Waals surface area contributed by atoms with Gasteiger partial charge in [0.1, 0.15) is 11.6 Å². The summed E-state index contributed by atoms with van der Waals surface area (Å²) in [6.45, 7) is 4.05. The number of hydrogen-bond acceptors (Lipinski definition) is 5. The van der Waals surface area contributed by atoms with E-state index in [0.717, 1.165) is 30.4 Å². The Morgan fingerprint density at radius 2 is 1.49 bits per heavy atom. The minimum absolute atomic E-state index is 0.108. The van der Waals surface area contributed by atoms with Crippen molar-refractivity contribution in [2.24, 2.45) is 0 Å². The summed E-state index contributed by atoms with van der Waals surface area (Å²) < 4.78 is 30.5. The Hall–Kier alpha value is -2.54. The third kappa shape index (κ3) is 9.55. The van der Waals surface area contributed by atoms with Crippen molar-refractivity contribution in [2.45, 2.75) is 89.4 Å². The Kier molecular flexibility index (Phi) is 12.1. The molecule has 0 amide bonds. The second-order valence-electron chi connectivity index (χ2n) is 9.18. The lowest BCUT2D eigenvalue weighted by Gasteiger charge is -2.15. The van der Waals surface area contributed by atoms with Crippen molar-refractivity contribution < 1.29 is 23.1 Å². The van der Waals surface area contributed by atoms with Gasteiger partial charge in [-0.1, -0.05) is 70.8 Å². The van der Waals surface area contributed by atoms with Crippen LogP contribution in [0, 0.1) is 6.92 Å². The molecule has 6 nitrogen and oxygen atoms in total. The number of aromatic carboxylic acids is 1. The standard InChI is InChI=1S/C28H41NO5S/c1-4-5-6-7-8-9-10-11-12-13-14-23-19-22(2)27(26(20-23)28(30)31)29-21-35(32,33)25-17-15-24(34-3)16-18-25/h15-20,29H,4-14,21H2,1-3H3,(H,30,31). The van der Waals surface area contributed by atoms with Crippen molar-refractivity contribution in [3.8, 4) is 5.75 Å². The second-order valence-corrected chi connectivity index (χ2v) is 11.2. The summed E-state index contributed by atoms with van der Waals surface area (Å²) in [7, 11) is -2.13. The van der Waals surface area contributed by atoms with Crippen molar-refractivity contribution in [2.75, 3.05) is 18.3 Å². The normalized spacial score (nSPS) is 11.4. The van der Waals surface area contributed by atoms with Crippen LogP contribution in [0.5, 0.6) is 5.75 Å². The molecule has 0 aromatic heterocycles. The van der Waals surface area contributed by atoms with Crippen LogP contribution in [0.1, 0.15) is 92.6 Å². The Labute approximate surface area is 211 Å². The summed E-state index contributed by atoms with van der Waals surface area (Å²) in [6, 6.07) is 9.77. The van der Waals surface area contributed by atoms with Crippen LogP contribution >= 0.6 is 0 Å². The molecule has 0 saturated heterocycles. The number of nitrogens with one attached hydrogen (secondary N) is 1. The van der Waals surface area contributed by atoms with Gasteiger partial charge in [-0.2, -0.15) is 0 Å². The van der Waals surface area contributed by atoms with E-state index in [1.54, 1.807) is 18.2 Å². The Morgan fingerprint density at radius 3 is 2.03 bits per heavy atom. The number of benzene rings is 2. The molecule has 0 bridgehead atoms. The molecule has 35 heavy (non-hydrogen) atoms. The predicted octanol–water partition coefficient (Wildman–Crippen LogP) is 7.01. The molecule has 7 heteroatoms. The van der Waals surface area contributed by atoms with Gasteiger partial charge in [0, 0.05) is 0 Å². The zero-order valence-electron chi connectivity index (χ0n) is 21.4. The molecule has 0 unspecified atom stereocenters. The number of anilines is 1. The van der Waals surface area contributed by atoms with Gasteiger partial charge in [0.15, 0.2) is 9.84 Å². The van der Waals surface area contributed by atoms with E-state index in [1.807, 2.05) is 13.0 Å². The van der Waals surface area contributed by atoms with Crippen LogP contribution in [-0.4, -0.2) is 32.5 Å². The first kappa shape index (κ1) is 28.7. The first-order valence-corrected chi connectivity index (χ1v) is 14.4. The van der Waals surface area contributed by atoms with Gasteiger partial charge in [0.25, 0.3) is 0 Å². The molecular formula is C28H41NO5S. The smallest absolute Gasteiger partial charge is 0.337 e. The minimum Gasteiger partial charge on any atom is -0.497 e. The van der Waals surface area contributed by atoms with Crippen LogP contribution in [0.15, 0.2) is 41.3 Å². The van der Waals surface area contributed by atoms with Gasteiger partial charge < -0.3 is 15.2 Å². The highest BCUT2D eigenvalue weighted by atomic mass is 32.2. The maximum absolute atomic E-state index is 12.7. The minimum atomic E-state index is -3.64. The summed E-state index contributed by atoms with van der Waals surface area (Å²) in [5.74, 6) is -0.889. The number of methoxy groups -OCH3 is 1. The van der Waals surface area contributed by atoms with Crippen LogP contribution in [0.25, 0.3) is 0 Å². The Morgan fingerprint density at radius 1 is 0.914 bits per heavy atom. The number of sulfone groups is 1. The highest BCUT2D eigenvalue weighted by Gasteiger charge is 2.19. The maximum Gasteiger partial charge on any atom is 0.337 e. The molecule has 2 aromatic carbocycles. The fraction of sp³-hybridized carbons (Fsp3) is 0.536. The van der Waals surface area contributed by atoms with Crippen LogP contribution in [0.3, 0.4) is 0 Å². The first-order chi connectivity index (χ1) is 16.8. The summed E-state index contributed by atoms with van der Waals surface area (Å²) >= 11 is 0. The largest absolute Gasteiger partial charge is 0.497 e. The monoisotopic (exact) mass is 503 g/mol. The van der Waals surface area contributed by atoms with E-state index in [2.05, 4.69) is 12.2 Å². The van der Waals surface area contributed by atoms with Crippen LogP contribution in [0.2, 0.25) is 0 Å². The van der Waals surface area contributed by atoms with Gasteiger partial charge in [0.2, 0.25) is 0 Å². The van der Waals surface area contributed by atoms with E-state index in [9.17, 15) is 18.3 Å². The SMILES string of the molecule is CCCCCCCCCCCCc1cc(C)c(NCS(=O)(=O)c2ccc(OC)cc2)c(C(=O)O)c1. The molecule has 0 fully saturated rings. The van der Waals surface area contributed by atoms with E-state index >= 15 is 0 Å². The molecule has 0 aliphatic heterocycles. The fourth-order valence-electron chi connectivity index (χ4n) is 4.26. The number of carbonyl (C=O) groups is 1. The van der Waals surface area contributed by atoms with Crippen molar-refractivity contribution in [3.63, 3.8) is 0 Å². The third-order valence-electron chi connectivity index (χ3n) is 6.30. The summed E-state index contributed by atoms with van der Waals surface area (Å²) in [4.78, 5) is 12.1. The lowest BCUT2D eigenvalue weighted by molar-refractivity contribution is 0.0697. The van der Waals surface area contributed by atoms with Crippen molar-refractivity contribution in [1.82, 2.24) is 0 Å². The molecule has 0 aliphatic rings. The number of ether oxygens (including phenoxy) is 1. The Balaban J connectivity index is 1.91. The summed E-state index contributed by atoms with van der Waals surface area (Å²) in [5.41, 5.74) is 2.17. The van der Waals surface area contributed by atoms with E-state index in [1.165, 1.54) is 70.6 Å². The van der Waals surface area contributed by atoms with Gasteiger partial charge in [-0.3, -0.25) is 0 Å². The fourth-order valence-corrected chi connectivity index (χ4v) is 5.31. The molecule has 0 atom stereocenters. The van der Waals surface area contributed by atoms with Gasteiger partial charge in [-0.25, -0.2) is 13.2 Å². The lowest BCUT2D eigenvalue weighted by atomic mass is 9.98. The third-order valence-corrected chi connectivity index (χ3v) is 7.82. The number of unbranched alkanes of at least 4 members (excludes halogenated alkanes) is 9. The molecule has 0 spiro atoms. The van der Waals surface area contributed by atoms with Crippen molar-refractivity contribution in [1.29, 1.82) is 0 Å². The van der Waals surface area contributed by atoms with Crippen LogP contribution < -0.4 is 10.1 Å². The molecule has 0 radical (unpaired) electrons. The molecule has 194 valence electrons. The summed E-state index contributed by atoms with van der Waals surface area (Å²) in [6.07, 6.45) is 13.4. The van der Waals surface area contributed by atoms with E-state index in [0.29, 0.717) is 11.4 Å². The summed E-state index contributed by atoms with van der Waals surface area (Å²) in [5, 5.41) is 12.6. The topological polar surface area (TPSA) is 92.7 Å². The van der Waals surface area contributed by atoms with Gasteiger partial charge in [-0.15, -0.1) is 0 Å². The first-order valence-electron chi connectivity index (χ1n) is 12.8. The zero-order chi connectivity index (χ0) is 25.7. The maximum atomic E-state index is 12.7. The number of carboxylic acid groups (broad SMARTS) is 1. The van der Waals surface area contributed by atoms with Crippen LogP contribution in [0.4, 0.5) is 5.69 Å². The molecule has 2 rings (SSSR count). The second kappa shape index (κ2) is 14.8. The van der Waals surface area contributed by atoms with Gasteiger partial charge in [-0.05, 0) is 61.2 Å². The number of carboxylic acids is 1. The van der Waals surface area contributed by atoms with Crippen molar-refractivity contribution in [3.05, 3.63) is 53.1 Å². The Bertz CT molecular complexity index is 1030. The molecule has 0 saturated carbocycles. The average Bonchev–Trinajstić information content (AvgIpc) is 2.84. The van der Waals surface area contributed by atoms with E-state index in [4.69, 9.17) is 4.74 Å². The van der Waals surface area contributed by atoms with Gasteiger partial charge >= 0.3 is 5.97 Å². The number of aryl methyl sites for hydroxylation is 2. The molecular weight excluding hydrogens is 462 g/mol. The lowest BCUT2D eigenvalue weighted by Crippen LogP contribution is -2.17. The number of hydrogen-bond donors (Lipinski definition) is 2. The van der Waals surface area contributed by atoms with E-state index < -0.39 is 21.7 Å². The molecule has 2 aromatic rings. The molecule has 0 aliphatic carbocycles. The van der Waals surface area contributed by atoms with E-state index in [-0.39, 0.29) is 10.5 Å². The zero-order valence-corrected chi connectivity index (χ0v) is 22.3. The quantitative estimate of drug-likeness (QED) is 0.226. The number of rotatable bonds is 17.